The molecule has 0 saturated heterocycles. The lowest BCUT2D eigenvalue weighted by molar-refractivity contribution is 0.766. The predicted molar refractivity (Wildman–Crippen MR) is 74.5 cm³/mol. The Kier molecular flexibility index (Phi) is 2.85. The van der Waals surface area contributed by atoms with Crippen LogP contribution in [0, 0.1) is 0 Å². The van der Waals surface area contributed by atoms with Crippen LogP contribution in [0.3, 0.4) is 0 Å². The van der Waals surface area contributed by atoms with Crippen LogP contribution in [0.25, 0.3) is 16.5 Å². The molecule has 0 radical (unpaired) electrons. The monoisotopic (exact) mass is 302 g/mol. The molecule has 18 heavy (non-hydrogen) atoms. The summed E-state index contributed by atoms with van der Waals surface area (Å²) in [4.78, 5) is 0. The van der Waals surface area contributed by atoms with Gasteiger partial charge in [-0.25, -0.2) is 4.68 Å². The van der Waals surface area contributed by atoms with Crippen LogP contribution in [-0.2, 0) is 6.54 Å². The van der Waals surface area contributed by atoms with E-state index >= 15 is 0 Å². The van der Waals surface area contributed by atoms with Gasteiger partial charge in [-0.05, 0) is 17.5 Å². The third-order valence-corrected chi connectivity index (χ3v) is 3.60. The number of aromatic nitrogens is 3. The molecule has 1 heterocycles. The molecule has 0 unspecified atom stereocenters. The Morgan fingerprint density at radius 1 is 1.11 bits per heavy atom. The molecule has 3 aromatic rings. The maximum atomic E-state index is 5.70. The van der Waals surface area contributed by atoms with E-state index in [9.17, 15) is 0 Å². The van der Waals surface area contributed by atoms with Gasteiger partial charge in [-0.3, -0.25) is 0 Å². The number of hydrogen-bond acceptors (Lipinski definition) is 3. The Hall–Kier alpha value is -1.72. The second-order valence-corrected chi connectivity index (χ2v) is 4.81. The van der Waals surface area contributed by atoms with E-state index < -0.39 is 0 Å². The second-order valence-electron chi connectivity index (χ2n) is 3.95. The van der Waals surface area contributed by atoms with Gasteiger partial charge in [-0.15, -0.1) is 5.10 Å². The average molecular weight is 303 g/mol. The van der Waals surface area contributed by atoms with Crippen molar-refractivity contribution < 1.29 is 0 Å². The summed E-state index contributed by atoms with van der Waals surface area (Å²) < 4.78 is 2.85. The lowest BCUT2D eigenvalue weighted by Crippen LogP contribution is -2.07. The van der Waals surface area contributed by atoms with Gasteiger partial charge in [0.15, 0.2) is 0 Å². The number of rotatable bonds is 2. The van der Waals surface area contributed by atoms with Crippen molar-refractivity contribution in [1.82, 2.24) is 15.0 Å². The molecule has 0 spiro atoms. The normalized spacial score (nSPS) is 11.0. The van der Waals surface area contributed by atoms with Crippen molar-refractivity contribution in [2.24, 2.45) is 5.73 Å². The minimum atomic E-state index is 0.414. The third kappa shape index (κ3) is 1.72. The topological polar surface area (TPSA) is 56.7 Å². The first-order valence-corrected chi connectivity index (χ1v) is 6.38. The van der Waals surface area contributed by atoms with Crippen molar-refractivity contribution in [1.29, 1.82) is 0 Å². The van der Waals surface area contributed by atoms with Gasteiger partial charge < -0.3 is 5.73 Å². The Balaban J connectivity index is 2.34. The maximum Gasteiger partial charge on any atom is 0.0781 e. The lowest BCUT2D eigenvalue weighted by Gasteiger charge is -2.09. The fourth-order valence-electron chi connectivity index (χ4n) is 2.03. The number of fused-ring (bicyclic) bond motifs is 1. The van der Waals surface area contributed by atoms with Crippen molar-refractivity contribution in [3.05, 3.63) is 52.8 Å². The smallest absolute Gasteiger partial charge is 0.0781 e. The highest BCUT2D eigenvalue weighted by Crippen LogP contribution is 2.29. The molecule has 0 aliphatic carbocycles. The molecule has 0 bridgehead atoms. The van der Waals surface area contributed by atoms with Crippen molar-refractivity contribution in [2.75, 3.05) is 0 Å². The molecular formula is C13H11BrN4. The van der Waals surface area contributed by atoms with E-state index in [-0.39, 0.29) is 0 Å². The highest BCUT2D eigenvalue weighted by Gasteiger charge is 2.09. The van der Waals surface area contributed by atoms with Crippen LogP contribution in [-0.4, -0.2) is 15.0 Å². The Morgan fingerprint density at radius 3 is 2.67 bits per heavy atom. The van der Waals surface area contributed by atoms with Gasteiger partial charge in [0.2, 0.25) is 0 Å². The van der Waals surface area contributed by atoms with E-state index in [0.29, 0.717) is 6.54 Å². The minimum Gasteiger partial charge on any atom is -0.325 e. The van der Waals surface area contributed by atoms with Crippen LogP contribution in [0.15, 0.2) is 47.1 Å². The molecule has 0 atom stereocenters. The first-order valence-electron chi connectivity index (χ1n) is 5.58. The summed E-state index contributed by atoms with van der Waals surface area (Å²) in [5, 5.41) is 10.3. The fourth-order valence-corrected chi connectivity index (χ4v) is 2.51. The molecular weight excluding hydrogens is 292 g/mol. The van der Waals surface area contributed by atoms with E-state index in [1.54, 1.807) is 10.9 Å². The Bertz CT molecular complexity index is 705. The Morgan fingerprint density at radius 2 is 1.89 bits per heavy atom. The number of hydrogen-bond donors (Lipinski definition) is 1. The van der Waals surface area contributed by atoms with Gasteiger partial charge in [0.25, 0.3) is 0 Å². The maximum absolute atomic E-state index is 5.70. The van der Waals surface area contributed by atoms with Gasteiger partial charge in [-0.2, -0.15) is 0 Å². The predicted octanol–water partition coefficient (Wildman–Crippen LogP) is 2.64. The molecule has 0 fully saturated rings. The largest absolute Gasteiger partial charge is 0.325 e. The summed E-state index contributed by atoms with van der Waals surface area (Å²) in [5.41, 5.74) is 7.58. The standard InChI is InChI=1S/C13H11BrN4/c14-12-5-6-13(11-4-2-1-3-10(11)12)18-9(7-15)8-16-17-18/h1-6,8H,7,15H2. The van der Waals surface area contributed by atoms with Gasteiger partial charge in [0.05, 0.1) is 17.6 Å². The van der Waals surface area contributed by atoms with Crippen LogP contribution in [0.2, 0.25) is 0 Å². The van der Waals surface area contributed by atoms with Crippen molar-refractivity contribution in [3.8, 4) is 5.69 Å². The van der Waals surface area contributed by atoms with Gasteiger partial charge in [-0.1, -0.05) is 45.4 Å². The second kappa shape index (κ2) is 4.51. The van der Waals surface area contributed by atoms with Crippen molar-refractivity contribution in [3.63, 3.8) is 0 Å². The quantitative estimate of drug-likeness (QED) is 0.792. The molecule has 0 amide bonds. The first kappa shape index (κ1) is 11.4. The van der Waals surface area contributed by atoms with E-state index in [2.05, 4.69) is 38.4 Å². The van der Waals surface area contributed by atoms with E-state index in [1.165, 1.54) is 0 Å². The van der Waals surface area contributed by atoms with E-state index in [0.717, 1.165) is 26.6 Å². The summed E-state index contributed by atoms with van der Waals surface area (Å²) in [6.45, 7) is 0.414. The van der Waals surface area contributed by atoms with Gasteiger partial charge in [0.1, 0.15) is 0 Å². The van der Waals surface area contributed by atoms with Gasteiger partial charge in [0, 0.05) is 16.4 Å². The first-order chi connectivity index (χ1) is 8.81. The molecule has 3 rings (SSSR count). The molecule has 5 heteroatoms. The van der Waals surface area contributed by atoms with Crippen LogP contribution < -0.4 is 5.73 Å². The lowest BCUT2D eigenvalue weighted by atomic mass is 10.1. The fraction of sp³-hybridized carbons (Fsp3) is 0.0769. The third-order valence-electron chi connectivity index (χ3n) is 2.91. The summed E-state index contributed by atoms with van der Waals surface area (Å²) in [6.07, 6.45) is 1.69. The molecule has 4 nitrogen and oxygen atoms in total. The van der Waals surface area contributed by atoms with Crippen LogP contribution in [0.4, 0.5) is 0 Å². The molecule has 2 aromatic carbocycles. The van der Waals surface area contributed by atoms with Crippen LogP contribution in [0.1, 0.15) is 5.69 Å². The zero-order chi connectivity index (χ0) is 12.5. The zero-order valence-corrected chi connectivity index (χ0v) is 11.1. The highest BCUT2D eigenvalue weighted by atomic mass is 79.9. The number of nitrogens with zero attached hydrogens (tertiary/aromatic N) is 3. The SMILES string of the molecule is NCc1cnnn1-c1ccc(Br)c2ccccc12. The van der Waals surface area contributed by atoms with Gasteiger partial charge >= 0.3 is 0 Å². The van der Waals surface area contributed by atoms with Crippen LogP contribution in [0.5, 0.6) is 0 Å². The number of nitrogens with two attached hydrogens (primary N) is 1. The average Bonchev–Trinajstić information content (AvgIpc) is 2.88. The van der Waals surface area contributed by atoms with Crippen LogP contribution >= 0.6 is 15.9 Å². The summed E-state index contributed by atoms with van der Waals surface area (Å²) in [5.74, 6) is 0. The van der Waals surface area contributed by atoms with E-state index in [4.69, 9.17) is 5.73 Å². The summed E-state index contributed by atoms with van der Waals surface area (Å²) in [6, 6.07) is 12.2. The van der Waals surface area contributed by atoms with Crippen molar-refractivity contribution in [2.45, 2.75) is 6.54 Å². The molecule has 0 saturated carbocycles. The highest BCUT2D eigenvalue weighted by molar-refractivity contribution is 9.10. The molecule has 0 aliphatic heterocycles. The molecule has 0 aliphatic rings. The summed E-state index contributed by atoms with van der Waals surface area (Å²) in [7, 11) is 0. The molecule has 1 aromatic heterocycles. The summed E-state index contributed by atoms with van der Waals surface area (Å²) >= 11 is 3.56. The van der Waals surface area contributed by atoms with E-state index in [1.807, 2.05) is 24.3 Å². The van der Waals surface area contributed by atoms with Crippen molar-refractivity contribution >= 4 is 26.7 Å². The molecule has 2 N–H and O–H groups in total. The number of benzene rings is 2. The Labute approximate surface area is 113 Å². The minimum absolute atomic E-state index is 0.414. The zero-order valence-electron chi connectivity index (χ0n) is 9.55. The number of halogens is 1. The molecule has 90 valence electrons.